The van der Waals surface area contributed by atoms with E-state index in [9.17, 15) is 0 Å². The lowest BCUT2D eigenvalue weighted by Gasteiger charge is -2.36. The van der Waals surface area contributed by atoms with Gasteiger partial charge in [-0.2, -0.15) is 0 Å². The van der Waals surface area contributed by atoms with Gasteiger partial charge in [0.15, 0.2) is 29.0 Å². The standard InChI is InChI=1S/C56H34N4O2/c1-4-17-36(18-5-1)53-57-54(37-19-6-2-7-20-37)59-55(58-53)38-33-31-35(32-34-38)40-25-16-27-44-48(40)41-23-10-12-26-43(41)56(44)51-49(42-24-11-14-29-46(42)61-51)50-52(56)62-47-30-15-13-28-45(47)60(50)39-21-8-3-9-22-39/h1-34H. The molecule has 2 aromatic heterocycles. The van der Waals surface area contributed by atoms with Crippen LogP contribution in [0.25, 0.3) is 73.1 Å². The molecule has 290 valence electrons. The number of ether oxygens (including phenoxy) is 1. The zero-order valence-corrected chi connectivity index (χ0v) is 33.2. The van der Waals surface area contributed by atoms with Crippen LogP contribution in [0.4, 0.5) is 11.4 Å². The Morgan fingerprint density at radius 2 is 0.968 bits per heavy atom. The van der Waals surface area contributed by atoms with Crippen molar-refractivity contribution >= 4 is 28.0 Å². The highest BCUT2D eigenvalue weighted by Crippen LogP contribution is 2.67. The lowest BCUT2D eigenvalue weighted by Crippen LogP contribution is -2.32. The summed E-state index contributed by atoms with van der Waals surface area (Å²) in [5.41, 5.74) is 13.6. The molecule has 1 spiro atoms. The Bertz CT molecular complexity index is 3380. The SMILES string of the molecule is c1ccc(-c2nc(-c3ccccc3)nc(-c3ccc(-c4cccc5c4-c4ccccc4C54C5=C(c6c4oc4ccccc64)N(c4ccccc4)c4ccccc4O5)cc3)n2)cc1. The van der Waals surface area contributed by atoms with E-state index >= 15 is 0 Å². The van der Waals surface area contributed by atoms with E-state index in [0.29, 0.717) is 17.5 Å². The third kappa shape index (κ3) is 4.89. The number of furan rings is 1. The predicted molar refractivity (Wildman–Crippen MR) is 246 cm³/mol. The Labute approximate surface area is 357 Å². The minimum atomic E-state index is -0.876. The minimum Gasteiger partial charge on any atom is -0.459 e. The van der Waals surface area contributed by atoms with Crippen molar-refractivity contribution in [1.29, 1.82) is 0 Å². The average molecular weight is 795 g/mol. The second-order valence-corrected chi connectivity index (χ2v) is 15.9. The zero-order chi connectivity index (χ0) is 40.8. The van der Waals surface area contributed by atoms with Gasteiger partial charge in [-0.3, -0.25) is 0 Å². The van der Waals surface area contributed by atoms with Crippen molar-refractivity contribution in [1.82, 2.24) is 15.0 Å². The van der Waals surface area contributed by atoms with Gasteiger partial charge in [0.05, 0.1) is 16.9 Å². The Morgan fingerprint density at radius 1 is 0.419 bits per heavy atom. The molecule has 6 heteroatoms. The van der Waals surface area contributed by atoms with Gasteiger partial charge in [-0.05, 0) is 63.7 Å². The topological polar surface area (TPSA) is 64.3 Å². The van der Waals surface area contributed by atoms with E-state index in [1.165, 1.54) is 0 Å². The summed E-state index contributed by atoms with van der Waals surface area (Å²) in [6.45, 7) is 0. The van der Waals surface area contributed by atoms with Crippen LogP contribution in [0.2, 0.25) is 0 Å². The van der Waals surface area contributed by atoms with Crippen LogP contribution in [0.15, 0.2) is 216 Å². The van der Waals surface area contributed by atoms with E-state index in [2.05, 4.69) is 138 Å². The van der Waals surface area contributed by atoms with Gasteiger partial charge in [-0.15, -0.1) is 0 Å². The summed E-state index contributed by atoms with van der Waals surface area (Å²) in [4.78, 5) is 17.3. The number of rotatable bonds is 5. The second-order valence-electron chi connectivity index (χ2n) is 15.9. The molecule has 6 nitrogen and oxygen atoms in total. The molecule has 0 radical (unpaired) electrons. The first-order valence-corrected chi connectivity index (χ1v) is 20.9. The number of para-hydroxylation sites is 4. The van der Waals surface area contributed by atoms with Gasteiger partial charge in [-0.25, -0.2) is 15.0 Å². The van der Waals surface area contributed by atoms with Gasteiger partial charge in [-0.1, -0.05) is 176 Å². The van der Waals surface area contributed by atoms with Crippen molar-refractivity contribution in [3.05, 3.63) is 234 Å². The molecule has 3 aliphatic rings. The fourth-order valence-corrected chi connectivity index (χ4v) is 9.88. The first-order valence-electron chi connectivity index (χ1n) is 20.9. The Kier molecular flexibility index (Phi) is 7.42. The summed E-state index contributed by atoms with van der Waals surface area (Å²) in [5, 5.41) is 1.05. The van der Waals surface area contributed by atoms with Crippen molar-refractivity contribution in [3.63, 3.8) is 0 Å². The summed E-state index contributed by atoms with van der Waals surface area (Å²) in [6, 6.07) is 71.5. The average Bonchev–Trinajstić information content (AvgIpc) is 3.97. The second kappa shape index (κ2) is 13.3. The molecule has 13 rings (SSSR count). The van der Waals surface area contributed by atoms with Crippen molar-refractivity contribution in [3.8, 4) is 62.2 Å². The fraction of sp³-hybridized carbons (Fsp3) is 0.0179. The van der Waals surface area contributed by atoms with Crippen molar-refractivity contribution in [2.24, 2.45) is 0 Å². The number of allylic oxidation sites excluding steroid dienone is 1. The zero-order valence-electron chi connectivity index (χ0n) is 33.2. The smallest absolute Gasteiger partial charge is 0.164 e. The Morgan fingerprint density at radius 3 is 1.69 bits per heavy atom. The molecule has 0 fully saturated rings. The number of hydrogen-bond donors (Lipinski definition) is 0. The Hall–Kier alpha value is -8.35. The minimum absolute atomic E-state index is 0.618. The summed E-state index contributed by atoms with van der Waals surface area (Å²) in [5.74, 6) is 4.40. The van der Waals surface area contributed by atoms with Crippen LogP contribution < -0.4 is 9.64 Å². The number of hydrogen-bond acceptors (Lipinski definition) is 6. The molecular weight excluding hydrogens is 761 g/mol. The number of anilines is 2. The Balaban J connectivity index is 1.02. The van der Waals surface area contributed by atoms with Gasteiger partial charge >= 0.3 is 0 Å². The van der Waals surface area contributed by atoms with E-state index in [0.717, 1.165) is 101 Å². The van der Waals surface area contributed by atoms with E-state index in [4.69, 9.17) is 24.1 Å². The monoisotopic (exact) mass is 794 g/mol. The molecule has 62 heavy (non-hydrogen) atoms. The van der Waals surface area contributed by atoms with E-state index in [1.54, 1.807) is 0 Å². The molecule has 0 bridgehead atoms. The van der Waals surface area contributed by atoms with E-state index < -0.39 is 5.41 Å². The molecule has 3 heterocycles. The number of benzene rings is 8. The van der Waals surface area contributed by atoms with Crippen LogP contribution in [-0.2, 0) is 5.41 Å². The van der Waals surface area contributed by atoms with Crippen LogP contribution in [0, 0.1) is 0 Å². The van der Waals surface area contributed by atoms with Crippen LogP contribution in [0.1, 0.15) is 22.5 Å². The highest BCUT2D eigenvalue weighted by Gasteiger charge is 2.61. The van der Waals surface area contributed by atoms with Crippen LogP contribution >= 0.6 is 0 Å². The van der Waals surface area contributed by atoms with Crippen molar-refractivity contribution in [2.75, 3.05) is 4.90 Å². The summed E-state index contributed by atoms with van der Waals surface area (Å²) >= 11 is 0. The molecule has 1 aliphatic heterocycles. The highest BCUT2D eigenvalue weighted by atomic mass is 16.5. The predicted octanol–water partition coefficient (Wildman–Crippen LogP) is 13.5. The van der Waals surface area contributed by atoms with E-state index in [-0.39, 0.29) is 0 Å². The fourth-order valence-electron chi connectivity index (χ4n) is 9.88. The molecule has 0 saturated carbocycles. The third-order valence-corrected chi connectivity index (χ3v) is 12.5. The van der Waals surface area contributed by atoms with E-state index in [1.807, 2.05) is 72.8 Å². The molecule has 8 aromatic carbocycles. The van der Waals surface area contributed by atoms with Gasteiger partial charge in [0.25, 0.3) is 0 Å². The molecular formula is C56H34N4O2. The van der Waals surface area contributed by atoms with Crippen LogP contribution in [0.5, 0.6) is 5.75 Å². The number of aromatic nitrogens is 3. The molecule has 2 aliphatic carbocycles. The molecule has 0 saturated heterocycles. The molecule has 0 amide bonds. The van der Waals surface area contributed by atoms with Crippen LogP contribution in [-0.4, -0.2) is 15.0 Å². The molecule has 1 atom stereocenters. The van der Waals surface area contributed by atoms with Gasteiger partial charge in [0.2, 0.25) is 0 Å². The molecule has 10 aromatic rings. The van der Waals surface area contributed by atoms with Crippen LogP contribution in [0.3, 0.4) is 0 Å². The lowest BCUT2D eigenvalue weighted by atomic mass is 9.75. The summed E-state index contributed by atoms with van der Waals surface area (Å²) < 4.78 is 14.5. The highest BCUT2D eigenvalue weighted by molar-refractivity contribution is 6.09. The van der Waals surface area contributed by atoms with Crippen molar-refractivity contribution < 1.29 is 9.15 Å². The quantitative estimate of drug-likeness (QED) is 0.173. The van der Waals surface area contributed by atoms with Crippen molar-refractivity contribution in [2.45, 2.75) is 5.41 Å². The largest absolute Gasteiger partial charge is 0.459 e. The summed E-state index contributed by atoms with van der Waals surface area (Å²) in [6.07, 6.45) is 0. The number of fused-ring (bicyclic) bond motifs is 12. The first kappa shape index (κ1) is 34.5. The maximum Gasteiger partial charge on any atom is 0.164 e. The lowest BCUT2D eigenvalue weighted by molar-refractivity contribution is 0.346. The van der Waals surface area contributed by atoms with Gasteiger partial charge < -0.3 is 14.1 Å². The molecule has 1 unspecified atom stereocenters. The summed E-state index contributed by atoms with van der Waals surface area (Å²) in [7, 11) is 0. The van der Waals surface area contributed by atoms with Gasteiger partial charge in [0.1, 0.15) is 16.8 Å². The maximum absolute atomic E-state index is 7.30. The van der Waals surface area contributed by atoms with Gasteiger partial charge in [0, 0.05) is 27.8 Å². The maximum atomic E-state index is 7.30. The normalized spacial score (nSPS) is 15.5. The molecule has 0 N–H and O–H groups in total. The number of nitrogens with zero attached hydrogens (tertiary/aromatic N) is 4. The third-order valence-electron chi connectivity index (χ3n) is 12.5. The first-order chi connectivity index (χ1) is 30.8.